The standard InChI is InChI=1S/C15H10IN3O2/c16-12-8-17-19(9-12)15-11(5-6-14(20)21)7-10-3-1-2-4-13(10)18-15/h1-9H,(H,20,21). The maximum absolute atomic E-state index is 10.8. The van der Waals surface area contributed by atoms with Crippen molar-refractivity contribution in [3.63, 3.8) is 0 Å². The Morgan fingerprint density at radius 2 is 2.14 bits per heavy atom. The van der Waals surface area contributed by atoms with Crippen LogP contribution >= 0.6 is 22.6 Å². The topological polar surface area (TPSA) is 68.0 Å². The summed E-state index contributed by atoms with van der Waals surface area (Å²) in [5, 5.41) is 14.0. The molecule has 0 saturated heterocycles. The summed E-state index contributed by atoms with van der Waals surface area (Å²) in [6, 6.07) is 9.60. The van der Waals surface area contributed by atoms with E-state index < -0.39 is 5.97 Å². The minimum atomic E-state index is -0.996. The number of carbonyl (C=O) groups is 1. The summed E-state index contributed by atoms with van der Waals surface area (Å²) < 4.78 is 2.63. The number of hydrogen-bond donors (Lipinski definition) is 1. The Kier molecular flexibility index (Phi) is 3.70. The van der Waals surface area contributed by atoms with Crippen LogP contribution in [-0.4, -0.2) is 25.8 Å². The van der Waals surface area contributed by atoms with Crippen molar-refractivity contribution in [1.29, 1.82) is 0 Å². The number of pyridine rings is 1. The molecule has 0 aliphatic rings. The minimum absolute atomic E-state index is 0.606. The Morgan fingerprint density at radius 3 is 2.86 bits per heavy atom. The highest BCUT2D eigenvalue weighted by molar-refractivity contribution is 14.1. The van der Waals surface area contributed by atoms with E-state index in [1.807, 2.05) is 36.5 Å². The van der Waals surface area contributed by atoms with Crippen LogP contribution in [0.2, 0.25) is 0 Å². The van der Waals surface area contributed by atoms with Gasteiger partial charge in [-0.05, 0) is 40.8 Å². The van der Waals surface area contributed by atoms with Crippen LogP contribution in [-0.2, 0) is 4.79 Å². The highest BCUT2D eigenvalue weighted by Gasteiger charge is 2.08. The number of halogens is 1. The van der Waals surface area contributed by atoms with Gasteiger partial charge in [-0.25, -0.2) is 14.5 Å². The van der Waals surface area contributed by atoms with Gasteiger partial charge in [0.2, 0.25) is 0 Å². The molecule has 0 saturated carbocycles. The Hall–Kier alpha value is -2.22. The number of fused-ring (bicyclic) bond motifs is 1. The molecule has 3 aromatic rings. The molecule has 6 heteroatoms. The Morgan fingerprint density at radius 1 is 1.33 bits per heavy atom. The predicted molar refractivity (Wildman–Crippen MR) is 88.3 cm³/mol. The molecule has 0 spiro atoms. The average molecular weight is 391 g/mol. The largest absolute Gasteiger partial charge is 0.478 e. The van der Waals surface area contributed by atoms with Crippen LogP contribution in [0.25, 0.3) is 22.8 Å². The molecule has 0 bridgehead atoms. The van der Waals surface area contributed by atoms with E-state index in [0.717, 1.165) is 20.5 Å². The third-order valence-corrected chi connectivity index (χ3v) is 3.46. The van der Waals surface area contributed by atoms with E-state index in [4.69, 9.17) is 5.11 Å². The molecule has 0 atom stereocenters. The summed E-state index contributed by atoms with van der Waals surface area (Å²) in [6.07, 6.45) is 6.20. The fraction of sp³-hybridized carbons (Fsp3) is 0. The summed E-state index contributed by atoms with van der Waals surface area (Å²) in [4.78, 5) is 15.3. The van der Waals surface area contributed by atoms with Crippen molar-refractivity contribution in [1.82, 2.24) is 14.8 Å². The second kappa shape index (κ2) is 5.65. The zero-order valence-corrected chi connectivity index (χ0v) is 12.9. The van der Waals surface area contributed by atoms with Crippen LogP contribution in [0.15, 0.2) is 48.8 Å². The van der Waals surface area contributed by atoms with E-state index in [-0.39, 0.29) is 0 Å². The molecule has 21 heavy (non-hydrogen) atoms. The highest BCUT2D eigenvalue weighted by Crippen LogP contribution is 2.21. The number of aromatic nitrogens is 3. The maximum atomic E-state index is 10.8. The number of hydrogen-bond acceptors (Lipinski definition) is 3. The molecule has 3 rings (SSSR count). The molecule has 5 nitrogen and oxygen atoms in total. The Balaban J connectivity index is 2.23. The van der Waals surface area contributed by atoms with Gasteiger partial charge in [-0.3, -0.25) is 0 Å². The second-order valence-corrected chi connectivity index (χ2v) is 5.61. The molecule has 0 aliphatic carbocycles. The van der Waals surface area contributed by atoms with Crippen LogP contribution in [0, 0.1) is 3.57 Å². The molecule has 0 radical (unpaired) electrons. The Labute approximate surface area is 134 Å². The molecule has 0 amide bonds. The van der Waals surface area contributed by atoms with E-state index in [2.05, 4.69) is 32.7 Å². The lowest BCUT2D eigenvalue weighted by atomic mass is 10.1. The molecular weight excluding hydrogens is 381 g/mol. The smallest absolute Gasteiger partial charge is 0.328 e. The van der Waals surface area contributed by atoms with E-state index >= 15 is 0 Å². The summed E-state index contributed by atoms with van der Waals surface area (Å²) in [6.45, 7) is 0. The summed E-state index contributed by atoms with van der Waals surface area (Å²) >= 11 is 2.17. The lowest BCUT2D eigenvalue weighted by Crippen LogP contribution is -2.01. The highest BCUT2D eigenvalue weighted by atomic mass is 127. The number of aliphatic carboxylic acids is 1. The molecule has 104 valence electrons. The molecule has 0 unspecified atom stereocenters. The zero-order chi connectivity index (χ0) is 14.8. The molecule has 0 fully saturated rings. The first-order valence-corrected chi connectivity index (χ1v) is 7.23. The van der Waals surface area contributed by atoms with Gasteiger partial charge in [0.25, 0.3) is 0 Å². The fourth-order valence-corrected chi connectivity index (χ4v) is 2.39. The molecule has 1 N–H and O–H groups in total. The van der Waals surface area contributed by atoms with Crippen LogP contribution in [0.1, 0.15) is 5.56 Å². The maximum Gasteiger partial charge on any atom is 0.328 e. The van der Waals surface area contributed by atoms with Crippen molar-refractivity contribution in [2.24, 2.45) is 0 Å². The van der Waals surface area contributed by atoms with Crippen LogP contribution < -0.4 is 0 Å². The number of rotatable bonds is 3. The number of benzene rings is 1. The Bertz CT molecular complexity index is 855. The average Bonchev–Trinajstić information content (AvgIpc) is 2.90. The first kappa shape index (κ1) is 13.7. The van der Waals surface area contributed by atoms with Crippen molar-refractivity contribution >= 4 is 45.5 Å². The zero-order valence-electron chi connectivity index (χ0n) is 10.8. The lowest BCUT2D eigenvalue weighted by Gasteiger charge is -2.07. The first-order valence-electron chi connectivity index (χ1n) is 6.15. The first-order chi connectivity index (χ1) is 10.1. The van der Waals surface area contributed by atoms with Crippen molar-refractivity contribution in [3.05, 3.63) is 57.9 Å². The van der Waals surface area contributed by atoms with Gasteiger partial charge in [0, 0.05) is 23.2 Å². The van der Waals surface area contributed by atoms with Gasteiger partial charge in [-0.2, -0.15) is 5.10 Å². The minimum Gasteiger partial charge on any atom is -0.478 e. The number of carboxylic acid groups (broad SMARTS) is 1. The van der Waals surface area contributed by atoms with Gasteiger partial charge in [0.15, 0.2) is 5.82 Å². The fourth-order valence-electron chi connectivity index (χ4n) is 2.01. The summed E-state index contributed by atoms with van der Waals surface area (Å²) in [5.41, 5.74) is 1.54. The third-order valence-electron chi connectivity index (χ3n) is 2.91. The second-order valence-electron chi connectivity index (χ2n) is 4.37. The van der Waals surface area contributed by atoms with Crippen molar-refractivity contribution in [3.8, 4) is 5.82 Å². The van der Waals surface area contributed by atoms with Crippen molar-refractivity contribution in [2.45, 2.75) is 0 Å². The molecule has 2 heterocycles. The number of nitrogens with zero attached hydrogens (tertiary/aromatic N) is 3. The van der Waals surface area contributed by atoms with Crippen molar-refractivity contribution < 1.29 is 9.90 Å². The third kappa shape index (κ3) is 2.94. The van der Waals surface area contributed by atoms with Crippen LogP contribution in [0.4, 0.5) is 0 Å². The number of para-hydroxylation sites is 1. The monoisotopic (exact) mass is 391 g/mol. The molecule has 1 aromatic carbocycles. The number of carboxylic acids is 1. The van der Waals surface area contributed by atoms with Gasteiger partial charge in [-0.1, -0.05) is 18.2 Å². The van der Waals surface area contributed by atoms with E-state index in [1.165, 1.54) is 6.08 Å². The van der Waals surface area contributed by atoms with Gasteiger partial charge in [0.05, 0.1) is 15.3 Å². The van der Waals surface area contributed by atoms with Gasteiger partial charge in [0.1, 0.15) is 0 Å². The van der Waals surface area contributed by atoms with Gasteiger partial charge in [-0.15, -0.1) is 0 Å². The normalized spacial score (nSPS) is 11.3. The predicted octanol–water partition coefficient (Wildman–Crippen LogP) is 3.12. The summed E-state index contributed by atoms with van der Waals surface area (Å²) in [7, 11) is 0. The van der Waals surface area contributed by atoms with E-state index in [1.54, 1.807) is 10.9 Å². The van der Waals surface area contributed by atoms with Crippen molar-refractivity contribution in [2.75, 3.05) is 0 Å². The van der Waals surface area contributed by atoms with Crippen LogP contribution in [0.5, 0.6) is 0 Å². The quantitative estimate of drug-likeness (QED) is 0.551. The summed E-state index contributed by atoms with van der Waals surface area (Å²) in [5.74, 6) is -0.390. The van der Waals surface area contributed by atoms with Crippen LogP contribution in [0.3, 0.4) is 0 Å². The van der Waals surface area contributed by atoms with Gasteiger partial charge < -0.3 is 5.11 Å². The molecule has 2 aromatic heterocycles. The van der Waals surface area contributed by atoms with Gasteiger partial charge >= 0.3 is 5.97 Å². The molecule has 0 aliphatic heterocycles. The lowest BCUT2D eigenvalue weighted by molar-refractivity contribution is -0.131. The van der Waals surface area contributed by atoms with E-state index in [0.29, 0.717) is 11.4 Å². The SMILES string of the molecule is O=C(O)C=Cc1cc2ccccc2nc1-n1cc(I)cn1. The molecular formula is C15H10IN3O2. The van der Waals surface area contributed by atoms with E-state index in [9.17, 15) is 4.79 Å².